The lowest BCUT2D eigenvalue weighted by Gasteiger charge is -2.03. The van der Waals surface area contributed by atoms with Crippen LogP contribution in [0.4, 0.5) is 10.1 Å². The molecule has 0 fully saturated rings. The molecule has 0 atom stereocenters. The van der Waals surface area contributed by atoms with E-state index in [0.29, 0.717) is 16.9 Å². The Kier molecular flexibility index (Phi) is 2.56. The van der Waals surface area contributed by atoms with E-state index in [9.17, 15) is 4.39 Å². The molecule has 2 N–H and O–H groups in total. The molecule has 0 aliphatic rings. The van der Waals surface area contributed by atoms with Crippen molar-refractivity contribution in [2.75, 3.05) is 5.73 Å². The first kappa shape index (κ1) is 9.93. The first-order valence-electron chi connectivity index (χ1n) is 4.35. The van der Waals surface area contributed by atoms with Gasteiger partial charge in [-0.2, -0.15) is 0 Å². The third-order valence-electron chi connectivity index (χ3n) is 2.00. The van der Waals surface area contributed by atoms with Crippen LogP contribution in [0.25, 0.3) is 11.3 Å². The molecular formula is C11H8ClFN2. The molecule has 2 nitrogen and oxygen atoms in total. The van der Waals surface area contributed by atoms with Crippen molar-refractivity contribution in [3.05, 3.63) is 47.4 Å². The van der Waals surface area contributed by atoms with Crippen LogP contribution < -0.4 is 5.73 Å². The molecule has 2 aromatic rings. The van der Waals surface area contributed by atoms with Crippen LogP contribution in [0.5, 0.6) is 0 Å². The third-order valence-corrected chi connectivity index (χ3v) is 2.30. The fourth-order valence-electron chi connectivity index (χ4n) is 1.25. The number of hydrogen-bond acceptors (Lipinski definition) is 2. The van der Waals surface area contributed by atoms with Gasteiger partial charge in [-0.25, -0.2) is 9.37 Å². The minimum Gasteiger partial charge on any atom is -0.396 e. The van der Waals surface area contributed by atoms with Gasteiger partial charge in [0.2, 0.25) is 0 Å². The average molecular weight is 223 g/mol. The summed E-state index contributed by atoms with van der Waals surface area (Å²) in [4.78, 5) is 4.06. The largest absolute Gasteiger partial charge is 0.396 e. The van der Waals surface area contributed by atoms with Gasteiger partial charge >= 0.3 is 0 Å². The van der Waals surface area contributed by atoms with Crippen LogP contribution >= 0.6 is 11.6 Å². The number of halogens is 2. The number of pyridine rings is 1. The minimum atomic E-state index is -0.303. The molecule has 76 valence electrons. The molecule has 0 radical (unpaired) electrons. The van der Waals surface area contributed by atoms with Crippen molar-refractivity contribution in [1.29, 1.82) is 0 Å². The molecule has 0 aliphatic carbocycles. The van der Waals surface area contributed by atoms with Crippen LogP contribution in [0, 0.1) is 5.82 Å². The summed E-state index contributed by atoms with van der Waals surface area (Å²) in [6.45, 7) is 0. The highest BCUT2D eigenvalue weighted by Gasteiger charge is 2.03. The Morgan fingerprint density at radius 1 is 1.20 bits per heavy atom. The third kappa shape index (κ3) is 2.07. The van der Waals surface area contributed by atoms with E-state index < -0.39 is 0 Å². The topological polar surface area (TPSA) is 38.9 Å². The molecule has 15 heavy (non-hydrogen) atoms. The number of nitrogen functional groups attached to an aromatic ring is 1. The van der Waals surface area contributed by atoms with Gasteiger partial charge in [0, 0.05) is 5.56 Å². The SMILES string of the molecule is Nc1ccc(-c2cccc(F)c2)nc1Cl. The predicted octanol–water partition coefficient (Wildman–Crippen LogP) is 3.12. The zero-order valence-electron chi connectivity index (χ0n) is 7.74. The standard InChI is InChI=1S/C11H8ClFN2/c12-11-9(14)4-5-10(15-11)7-2-1-3-8(13)6-7/h1-6H,14H2. The maximum Gasteiger partial charge on any atom is 0.152 e. The second-order valence-electron chi connectivity index (χ2n) is 3.09. The van der Waals surface area contributed by atoms with Crippen LogP contribution in [0.2, 0.25) is 5.15 Å². The van der Waals surface area contributed by atoms with E-state index in [-0.39, 0.29) is 11.0 Å². The number of nitrogens with two attached hydrogens (primary N) is 1. The summed E-state index contributed by atoms with van der Waals surface area (Å²) in [5.41, 5.74) is 7.22. The normalized spacial score (nSPS) is 10.3. The summed E-state index contributed by atoms with van der Waals surface area (Å²) < 4.78 is 12.9. The van der Waals surface area contributed by atoms with Gasteiger partial charge in [-0.05, 0) is 24.3 Å². The monoisotopic (exact) mass is 222 g/mol. The summed E-state index contributed by atoms with van der Waals surface area (Å²) in [6.07, 6.45) is 0. The quantitative estimate of drug-likeness (QED) is 0.753. The fourth-order valence-corrected chi connectivity index (χ4v) is 1.41. The molecule has 2 rings (SSSR count). The van der Waals surface area contributed by atoms with E-state index in [1.165, 1.54) is 12.1 Å². The Morgan fingerprint density at radius 2 is 2.00 bits per heavy atom. The molecular weight excluding hydrogens is 215 g/mol. The van der Waals surface area contributed by atoms with Gasteiger partial charge in [0.15, 0.2) is 5.15 Å². The summed E-state index contributed by atoms with van der Waals surface area (Å²) in [6, 6.07) is 9.51. The molecule has 0 aliphatic heterocycles. The highest BCUT2D eigenvalue weighted by atomic mass is 35.5. The van der Waals surface area contributed by atoms with Crippen molar-refractivity contribution in [1.82, 2.24) is 4.98 Å². The lowest BCUT2D eigenvalue weighted by Crippen LogP contribution is -1.91. The molecule has 0 saturated carbocycles. The number of rotatable bonds is 1. The van der Waals surface area contributed by atoms with E-state index in [2.05, 4.69) is 4.98 Å². The Bertz CT molecular complexity index is 500. The van der Waals surface area contributed by atoms with Crippen molar-refractivity contribution in [3.8, 4) is 11.3 Å². The van der Waals surface area contributed by atoms with Crippen molar-refractivity contribution in [2.45, 2.75) is 0 Å². The molecule has 0 unspecified atom stereocenters. The van der Waals surface area contributed by atoms with E-state index >= 15 is 0 Å². The van der Waals surface area contributed by atoms with Crippen molar-refractivity contribution in [3.63, 3.8) is 0 Å². The molecule has 0 spiro atoms. The Balaban J connectivity index is 2.50. The van der Waals surface area contributed by atoms with Gasteiger partial charge in [0.1, 0.15) is 5.82 Å². The van der Waals surface area contributed by atoms with Gasteiger partial charge in [-0.3, -0.25) is 0 Å². The molecule has 0 saturated heterocycles. The number of aromatic nitrogens is 1. The average Bonchev–Trinajstić information content (AvgIpc) is 2.22. The highest BCUT2D eigenvalue weighted by molar-refractivity contribution is 6.31. The first-order valence-corrected chi connectivity index (χ1v) is 4.72. The lowest BCUT2D eigenvalue weighted by molar-refractivity contribution is 0.628. The number of hydrogen-bond donors (Lipinski definition) is 1. The molecule has 0 amide bonds. The maximum atomic E-state index is 12.9. The number of benzene rings is 1. The summed E-state index contributed by atoms with van der Waals surface area (Å²) in [5.74, 6) is -0.303. The summed E-state index contributed by atoms with van der Waals surface area (Å²) >= 11 is 5.77. The van der Waals surface area contributed by atoms with Crippen LogP contribution in [-0.2, 0) is 0 Å². The Labute approximate surface area is 91.5 Å². The van der Waals surface area contributed by atoms with Crippen LogP contribution in [0.1, 0.15) is 0 Å². The highest BCUT2D eigenvalue weighted by Crippen LogP contribution is 2.23. The second kappa shape index (κ2) is 3.87. The van der Waals surface area contributed by atoms with Crippen molar-refractivity contribution >= 4 is 17.3 Å². The van der Waals surface area contributed by atoms with Crippen molar-refractivity contribution < 1.29 is 4.39 Å². The second-order valence-corrected chi connectivity index (χ2v) is 3.44. The van der Waals surface area contributed by atoms with Gasteiger partial charge in [-0.15, -0.1) is 0 Å². The minimum absolute atomic E-state index is 0.233. The van der Waals surface area contributed by atoms with E-state index in [1.54, 1.807) is 24.3 Å². The van der Waals surface area contributed by atoms with E-state index in [4.69, 9.17) is 17.3 Å². The maximum absolute atomic E-state index is 12.9. The smallest absolute Gasteiger partial charge is 0.152 e. The molecule has 1 heterocycles. The molecule has 4 heteroatoms. The fraction of sp³-hybridized carbons (Fsp3) is 0. The molecule has 1 aromatic heterocycles. The predicted molar refractivity (Wildman–Crippen MR) is 59.1 cm³/mol. The van der Waals surface area contributed by atoms with Crippen LogP contribution in [-0.4, -0.2) is 4.98 Å². The lowest BCUT2D eigenvalue weighted by atomic mass is 10.1. The van der Waals surface area contributed by atoms with Gasteiger partial charge in [0.05, 0.1) is 11.4 Å². The molecule has 0 bridgehead atoms. The van der Waals surface area contributed by atoms with E-state index in [0.717, 1.165) is 0 Å². The van der Waals surface area contributed by atoms with Crippen LogP contribution in [0.15, 0.2) is 36.4 Å². The van der Waals surface area contributed by atoms with Crippen molar-refractivity contribution in [2.24, 2.45) is 0 Å². The van der Waals surface area contributed by atoms with E-state index in [1.807, 2.05) is 0 Å². The van der Waals surface area contributed by atoms with Gasteiger partial charge < -0.3 is 5.73 Å². The zero-order chi connectivity index (χ0) is 10.8. The van der Waals surface area contributed by atoms with Crippen LogP contribution in [0.3, 0.4) is 0 Å². The van der Waals surface area contributed by atoms with Gasteiger partial charge in [-0.1, -0.05) is 23.7 Å². The first-order chi connectivity index (χ1) is 7.16. The molecule has 1 aromatic carbocycles. The Hall–Kier alpha value is -1.61. The summed E-state index contributed by atoms with van der Waals surface area (Å²) in [5, 5.41) is 0.233. The zero-order valence-corrected chi connectivity index (χ0v) is 8.50. The number of nitrogens with zero attached hydrogens (tertiary/aromatic N) is 1. The van der Waals surface area contributed by atoms with Gasteiger partial charge in [0.25, 0.3) is 0 Å². The Morgan fingerprint density at radius 3 is 2.67 bits per heavy atom. The number of anilines is 1. The summed E-state index contributed by atoms with van der Waals surface area (Å²) in [7, 11) is 0.